The third kappa shape index (κ3) is 2.06. The molecule has 0 aliphatic rings. The normalized spacial score (nSPS) is 8.92. The van der Waals surface area contributed by atoms with Crippen molar-refractivity contribution in [3.8, 4) is 0 Å². The molecule has 1 aromatic rings. The fourth-order valence-corrected chi connectivity index (χ4v) is 0.953. The van der Waals surface area contributed by atoms with Gasteiger partial charge in [0.25, 0.3) is 0 Å². The van der Waals surface area contributed by atoms with Gasteiger partial charge in [0.1, 0.15) is 0 Å². The summed E-state index contributed by atoms with van der Waals surface area (Å²) in [4.78, 5) is 14.5. The molecule has 0 amide bonds. The molecule has 0 saturated carbocycles. The average molecular weight is 175 g/mol. The Balaban J connectivity index is 3.01. The third-order valence-corrected chi connectivity index (χ3v) is 1.52. The molecule has 0 bridgehead atoms. The molecule has 1 aromatic carbocycles. The van der Waals surface area contributed by atoms with Crippen molar-refractivity contribution in [2.75, 3.05) is 6.61 Å². The van der Waals surface area contributed by atoms with Crippen molar-refractivity contribution in [3.05, 3.63) is 41.2 Å². The van der Waals surface area contributed by atoms with E-state index in [1.807, 2.05) is 0 Å². The largest absolute Gasteiger partial charge is 0.463 e. The molecule has 0 aliphatic carbocycles. The van der Waals surface area contributed by atoms with Crippen LogP contribution in [-0.2, 0) is 4.74 Å². The second kappa shape index (κ2) is 4.27. The number of benzene rings is 1. The molecule has 0 atom stereocenters. The van der Waals surface area contributed by atoms with Gasteiger partial charge in [0.15, 0.2) is 0 Å². The first-order valence-electron chi connectivity index (χ1n) is 3.93. The zero-order valence-electron chi connectivity index (χ0n) is 7.28. The minimum absolute atomic E-state index is 0.325. The smallest absolute Gasteiger partial charge is 0.327 e. The van der Waals surface area contributed by atoms with Crippen LogP contribution in [0.4, 0.5) is 5.69 Å². The van der Waals surface area contributed by atoms with E-state index in [-0.39, 0.29) is 0 Å². The van der Waals surface area contributed by atoms with Gasteiger partial charge in [-0.2, -0.15) is 0 Å². The Kier molecular flexibility index (Phi) is 3.04. The number of carbonyl (C=O) groups is 1. The number of hydrogen-bond donors (Lipinski definition) is 0. The second-order valence-corrected chi connectivity index (χ2v) is 2.35. The Labute approximate surface area is 76.8 Å². The highest BCUT2D eigenvalue weighted by Gasteiger charge is 2.10. The van der Waals surface area contributed by atoms with Gasteiger partial charge in [-0.1, -0.05) is 24.3 Å². The van der Waals surface area contributed by atoms with Crippen LogP contribution in [0.2, 0.25) is 0 Å². The first-order chi connectivity index (χ1) is 6.29. The summed E-state index contributed by atoms with van der Waals surface area (Å²) < 4.78 is 4.79. The minimum atomic E-state index is -0.436. The van der Waals surface area contributed by atoms with Crippen LogP contribution in [-0.4, -0.2) is 12.6 Å². The first-order valence-corrected chi connectivity index (χ1v) is 3.93. The lowest BCUT2D eigenvalue weighted by molar-refractivity contribution is 0.0528. The van der Waals surface area contributed by atoms with Gasteiger partial charge in [-0.25, -0.2) is 9.64 Å². The summed E-state index contributed by atoms with van der Waals surface area (Å²) in [6.07, 6.45) is 0. The van der Waals surface area contributed by atoms with Crippen LogP contribution in [0, 0.1) is 6.57 Å². The topological polar surface area (TPSA) is 30.7 Å². The number of nitrogens with zero attached hydrogens (tertiary/aromatic N) is 1. The van der Waals surface area contributed by atoms with Gasteiger partial charge in [-0.15, -0.1) is 0 Å². The predicted molar refractivity (Wildman–Crippen MR) is 48.7 cm³/mol. The van der Waals surface area contributed by atoms with Crippen molar-refractivity contribution in [3.63, 3.8) is 0 Å². The molecule has 0 radical (unpaired) electrons. The average Bonchev–Trinajstić information content (AvgIpc) is 2.18. The van der Waals surface area contributed by atoms with Crippen LogP contribution in [0.5, 0.6) is 0 Å². The van der Waals surface area contributed by atoms with Gasteiger partial charge in [-0.05, 0) is 6.92 Å². The number of ether oxygens (including phenoxy) is 1. The van der Waals surface area contributed by atoms with Crippen molar-refractivity contribution in [1.82, 2.24) is 0 Å². The lowest BCUT2D eigenvalue weighted by atomic mass is 10.2. The molecule has 0 aromatic heterocycles. The van der Waals surface area contributed by atoms with Crippen molar-refractivity contribution in [2.24, 2.45) is 0 Å². The summed E-state index contributed by atoms with van der Waals surface area (Å²) in [7, 11) is 0. The molecule has 1 rings (SSSR count). The summed E-state index contributed by atoms with van der Waals surface area (Å²) in [5, 5.41) is 0. The first kappa shape index (κ1) is 9.27. The second-order valence-electron chi connectivity index (χ2n) is 2.35. The van der Waals surface area contributed by atoms with Gasteiger partial charge >= 0.3 is 5.97 Å². The Morgan fingerprint density at radius 1 is 1.54 bits per heavy atom. The minimum Gasteiger partial charge on any atom is -0.463 e. The molecule has 0 aliphatic heterocycles. The molecule has 66 valence electrons. The lowest BCUT2D eigenvalue weighted by Crippen LogP contribution is -2.04. The fourth-order valence-electron chi connectivity index (χ4n) is 0.953. The molecular weight excluding hydrogens is 166 g/mol. The summed E-state index contributed by atoms with van der Waals surface area (Å²) in [5.41, 5.74) is 0.667. The van der Waals surface area contributed by atoms with Crippen LogP contribution in [0.15, 0.2) is 24.3 Å². The zero-order valence-corrected chi connectivity index (χ0v) is 7.28. The molecule has 0 spiro atoms. The standard InChI is InChI=1S/C10H9NO2/c1-3-13-10(12)8-6-4-5-7-9(8)11-2/h4-7H,3H2,1H3. The molecule has 3 nitrogen and oxygen atoms in total. The van der Waals surface area contributed by atoms with Crippen molar-refractivity contribution in [2.45, 2.75) is 6.92 Å². The van der Waals surface area contributed by atoms with E-state index in [4.69, 9.17) is 11.3 Å². The number of para-hydroxylation sites is 1. The van der Waals surface area contributed by atoms with Crippen LogP contribution in [0.25, 0.3) is 4.85 Å². The molecule has 0 N–H and O–H groups in total. The molecule has 0 heterocycles. The van der Waals surface area contributed by atoms with Gasteiger partial charge in [0.05, 0.1) is 18.7 Å². The number of carbonyl (C=O) groups excluding carboxylic acids is 1. The highest BCUT2D eigenvalue weighted by Crippen LogP contribution is 2.18. The van der Waals surface area contributed by atoms with Crippen LogP contribution in [0.3, 0.4) is 0 Å². The van der Waals surface area contributed by atoms with E-state index < -0.39 is 5.97 Å². The summed E-state index contributed by atoms with van der Waals surface area (Å²) in [6.45, 7) is 8.89. The van der Waals surface area contributed by atoms with Gasteiger partial charge in [-0.3, -0.25) is 0 Å². The monoisotopic (exact) mass is 175 g/mol. The summed E-state index contributed by atoms with van der Waals surface area (Å²) >= 11 is 0. The van der Waals surface area contributed by atoms with E-state index in [1.165, 1.54) is 0 Å². The van der Waals surface area contributed by atoms with Crippen LogP contribution >= 0.6 is 0 Å². The third-order valence-electron chi connectivity index (χ3n) is 1.52. The molecular formula is C10H9NO2. The van der Waals surface area contributed by atoms with E-state index in [9.17, 15) is 4.79 Å². The summed E-state index contributed by atoms with van der Waals surface area (Å²) in [6, 6.07) is 6.61. The van der Waals surface area contributed by atoms with Gasteiger partial charge in [0.2, 0.25) is 5.69 Å². The maximum atomic E-state index is 11.3. The van der Waals surface area contributed by atoms with E-state index in [0.29, 0.717) is 17.9 Å². The predicted octanol–water partition coefficient (Wildman–Crippen LogP) is 2.41. The Morgan fingerprint density at radius 3 is 2.85 bits per heavy atom. The van der Waals surface area contributed by atoms with Crippen LogP contribution in [0.1, 0.15) is 17.3 Å². The zero-order chi connectivity index (χ0) is 9.68. The van der Waals surface area contributed by atoms with Gasteiger partial charge < -0.3 is 4.74 Å². The molecule has 0 fully saturated rings. The SMILES string of the molecule is [C-]#[N+]c1ccccc1C(=O)OCC. The number of esters is 1. The van der Waals surface area contributed by atoms with Crippen molar-refractivity contribution < 1.29 is 9.53 Å². The molecule has 0 saturated heterocycles. The quantitative estimate of drug-likeness (QED) is 0.510. The van der Waals surface area contributed by atoms with Crippen molar-refractivity contribution >= 4 is 11.7 Å². The Morgan fingerprint density at radius 2 is 2.23 bits per heavy atom. The summed E-state index contributed by atoms with van der Waals surface area (Å²) in [5.74, 6) is -0.436. The number of hydrogen-bond acceptors (Lipinski definition) is 2. The lowest BCUT2D eigenvalue weighted by Gasteiger charge is -2.02. The van der Waals surface area contributed by atoms with E-state index in [2.05, 4.69) is 4.85 Å². The Bertz CT molecular complexity index is 352. The highest BCUT2D eigenvalue weighted by molar-refractivity contribution is 5.95. The van der Waals surface area contributed by atoms with Crippen molar-refractivity contribution in [1.29, 1.82) is 0 Å². The maximum Gasteiger partial charge on any atom is 0.327 e. The maximum absolute atomic E-state index is 11.3. The van der Waals surface area contributed by atoms with E-state index >= 15 is 0 Å². The molecule has 3 heteroatoms. The molecule has 13 heavy (non-hydrogen) atoms. The fraction of sp³-hybridized carbons (Fsp3) is 0.200. The van der Waals surface area contributed by atoms with Crippen LogP contribution < -0.4 is 0 Å². The van der Waals surface area contributed by atoms with Gasteiger partial charge in [0, 0.05) is 0 Å². The number of rotatable bonds is 2. The van der Waals surface area contributed by atoms with E-state index in [1.54, 1.807) is 31.2 Å². The van der Waals surface area contributed by atoms with E-state index in [0.717, 1.165) is 0 Å². The molecule has 0 unspecified atom stereocenters. The Hall–Kier alpha value is -1.82. The highest BCUT2D eigenvalue weighted by atomic mass is 16.5.